The highest BCUT2D eigenvalue weighted by Gasteiger charge is 2.74. The number of Topliss-reactive ketones (excluding diaryl/α,β-unsaturated/α-hetero) is 1. The van der Waals surface area contributed by atoms with Crippen molar-refractivity contribution >= 4 is 23.4 Å². The monoisotopic (exact) mass is 643 g/mol. The lowest BCUT2D eigenvalue weighted by molar-refractivity contribution is -0.242. The van der Waals surface area contributed by atoms with Crippen molar-refractivity contribution in [1.82, 2.24) is 20.0 Å². The summed E-state index contributed by atoms with van der Waals surface area (Å²) in [4.78, 5) is 54.7. The molecule has 0 aromatic carbocycles. The Labute approximate surface area is 277 Å². The average Bonchev–Trinajstić information content (AvgIpc) is 3.46. The number of ketones is 2. The number of aromatic nitrogens is 2. The molecule has 0 bridgehead atoms. The van der Waals surface area contributed by atoms with E-state index < -0.39 is 21.8 Å². The summed E-state index contributed by atoms with van der Waals surface area (Å²) in [6.45, 7) is 11.0. The number of fused-ring (bicyclic) bond motifs is 7. The number of amides is 2. The standard InChI is InChI=1S/C37H49N5O5/c1-32(22-41(6)30(45)21-39-31(46)25-9-15-40-42(25)7)11-12-33(2)13-14-36(5)35(4)10-8-24-16-26(43)23(20-38)18-34(24,3)27(35)17-29(44)37(36,47)28(33)19-32/h9,15,17-18,24,28,47H,8,10-14,16,19,21-22H2,1-7H3,(H,39,46)/t24-,28+,32-,33+,34-,35+,36-,37+/m0/s1. The molecule has 252 valence electrons. The smallest absolute Gasteiger partial charge is 0.269 e. The van der Waals surface area contributed by atoms with E-state index in [2.05, 4.69) is 51.1 Å². The van der Waals surface area contributed by atoms with E-state index in [1.807, 2.05) is 6.08 Å². The van der Waals surface area contributed by atoms with E-state index in [0.29, 0.717) is 31.5 Å². The van der Waals surface area contributed by atoms with Crippen molar-refractivity contribution in [3.8, 4) is 6.07 Å². The lowest BCUT2D eigenvalue weighted by Gasteiger charge is -2.71. The van der Waals surface area contributed by atoms with Crippen molar-refractivity contribution in [3.05, 3.63) is 41.3 Å². The first-order valence-electron chi connectivity index (χ1n) is 17.0. The van der Waals surface area contributed by atoms with Crippen LogP contribution in [0, 0.1) is 50.2 Å². The van der Waals surface area contributed by atoms with Gasteiger partial charge >= 0.3 is 0 Å². The fraction of sp³-hybridized carbons (Fsp3) is 0.676. The third-order valence-electron chi connectivity index (χ3n) is 14.1. The molecule has 0 radical (unpaired) electrons. The summed E-state index contributed by atoms with van der Waals surface area (Å²) in [5.41, 5.74) is -2.56. The summed E-state index contributed by atoms with van der Waals surface area (Å²) in [7, 11) is 3.42. The molecule has 1 aromatic rings. The second kappa shape index (κ2) is 10.7. The Balaban J connectivity index is 1.28. The van der Waals surface area contributed by atoms with Gasteiger partial charge in [-0.3, -0.25) is 23.9 Å². The number of rotatable bonds is 5. The fourth-order valence-electron chi connectivity index (χ4n) is 10.7. The molecule has 5 aliphatic rings. The molecule has 0 aliphatic heterocycles. The van der Waals surface area contributed by atoms with Crippen LogP contribution < -0.4 is 5.32 Å². The molecule has 0 unspecified atom stereocenters. The van der Waals surface area contributed by atoms with Gasteiger partial charge in [-0.2, -0.15) is 10.4 Å². The van der Waals surface area contributed by atoms with Gasteiger partial charge in [-0.05, 0) is 84.8 Å². The molecular formula is C37H49N5O5. The van der Waals surface area contributed by atoms with E-state index in [0.717, 1.165) is 37.7 Å². The Bertz CT molecular complexity index is 1670. The molecule has 10 nitrogen and oxygen atoms in total. The predicted octanol–water partition coefficient (Wildman–Crippen LogP) is 4.31. The van der Waals surface area contributed by atoms with Gasteiger partial charge in [-0.15, -0.1) is 0 Å². The van der Waals surface area contributed by atoms with E-state index in [-0.39, 0.29) is 58.2 Å². The van der Waals surface area contributed by atoms with Crippen LogP contribution >= 0.6 is 0 Å². The Hall–Kier alpha value is -3.58. The predicted molar refractivity (Wildman–Crippen MR) is 174 cm³/mol. The second-order valence-electron chi connectivity index (χ2n) is 16.7. The summed E-state index contributed by atoms with van der Waals surface area (Å²) >= 11 is 0. The third kappa shape index (κ3) is 4.62. The molecule has 6 rings (SSSR count). The number of nitrogens with zero attached hydrogens (tertiary/aromatic N) is 4. The number of carbonyl (C=O) groups is 4. The van der Waals surface area contributed by atoms with Crippen LogP contribution in [0.15, 0.2) is 35.6 Å². The third-order valence-corrected chi connectivity index (χ3v) is 14.1. The van der Waals surface area contributed by atoms with E-state index in [4.69, 9.17) is 0 Å². The van der Waals surface area contributed by atoms with Crippen LogP contribution in [0.4, 0.5) is 0 Å². The SMILES string of the molecule is CN(C[C@@]1(C)CC[C@]2(C)CC[C@@]3(C)[C@]4(C)CC[C@H]5CC(=O)C(C#N)=C[C@]5(C)C4=CC(=O)[C@]3(O)[C@@H]2C1)C(=O)CNC(=O)c1ccnn1C. The summed E-state index contributed by atoms with van der Waals surface area (Å²) in [6, 6.07) is 3.70. The lowest BCUT2D eigenvalue weighted by atomic mass is 9.33. The van der Waals surface area contributed by atoms with Gasteiger partial charge in [0.15, 0.2) is 11.6 Å². The van der Waals surface area contributed by atoms with Crippen LogP contribution in [0.3, 0.4) is 0 Å². The van der Waals surface area contributed by atoms with E-state index in [1.165, 1.54) is 10.9 Å². The van der Waals surface area contributed by atoms with Crippen molar-refractivity contribution in [2.75, 3.05) is 20.1 Å². The zero-order chi connectivity index (χ0) is 34.4. The lowest BCUT2D eigenvalue weighted by Crippen LogP contribution is -2.73. The van der Waals surface area contributed by atoms with Crippen LogP contribution in [0.5, 0.6) is 0 Å². The molecule has 0 spiro atoms. The first kappa shape index (κ1) is 33.3. The number of aliphatic hydroxyl groups is 1. The molecule has 1 aromatic heterocycles. The average molecular weight is 644 g/mol. The molecule has 2 N–H and O–H groups in total. The van der Waals surface area contributed by atoms with Crippen LogP contribution in [-0.4, -0.2) is 68.9 Å². The Kier molecular flexibility index (Phi) is 7.60. The van der Waals surface area contributed by atoms with Gasteiger partial charge in [0.05, 0.1) is 12.1 Å². The maximum atomic E-state index is 14.6. The molecule has 5 aliphatic carbocycles. The van der Waals surface area contributed by atoms with E-state index in [9.17, 15) is 29.5 Å². The second-order valence-corrected chi connectivity index (χ2v) is 16.7. The highest BCUT2D eigenvalue weighted by atomic mass is 16.3. The highest BCUT2D eigenvalue weighted by Crippen LogP contribution is 2.74. The van der Waals surface area contributed by atoms with Gasteiger partial charge in [-0.1, -0.05) is 40.7 Å². The maximum Gasteiger partial charge on any atom is 0.269 e. The van der Waals surface area contributed by atoms with E-state index in [1.54, 1.807) is 31.1 Å². The summed E-state index contributed by atoms with van der Waals surface area (Å²) < 4.78 is 1.46. The summed E-state index contributed by atoms with van der Waals surface area (Å²) in [5.74, 6) is -1.27. The van der Waals surface area contributed by atoms with Crippen LogP contribution in [0.25, 0.3) is 0 Å². The number of likely N-dealkylation sites (N-methyl/N-ethyl adjacent to an activating group) is 1. The number of hydrogen-bond acceptors (Lipinski definition) is 7. The molecule has 10 heteroatoms. The summed E-state index contributed by atoms with van der Waals surface area (Å²) in [5, 5.41) is 29.6. The van der Waals surface area contributed by atoms with Crippen LogP contribution in [0.1, 0.15) is 96.5 Å². The number of allylic oxidation sites excluding steroid dienone is 3. The van der Waals surface area contributed by atoms with Gasteiger partial charge in [0.25, 0.3) is 5.91 Å². The topological polar surface area (TPSA) is 145 Å². The van der Waals surface area contributed by atoms with Crippen molar-refractivity contribution in [2.45, 2.75) is 91.6 Å². The molecular weight excluding hydrogens is 594 g/mol. The molecule has 3 saturated carbocycles. The number of nitrogens with one attached hydrogen (secondary N) is 1. The van der Waals surface area contributed by atoms with Gasteiger partial charge in [0.2, 0.25) is 5.91 Å². The molecule has 3 fully saturated rings. The largest absolute Gasteiger partial charge is 0.381 e. The van der Waals surface area contributed by atoms with E-state index >= 15 is 0 Å². The maximum absolute atomic E-state index is 14.6. The van der Waals surface area contributed by atoms with Gasteiger partial charge in [-0.25, -0.2) is 0 Å². The molecule has 47 heavy (non-hydrogen) atoms. The molecule has 2 amide bonds. The fourth-order valence-corrected chi connectivity index (χ4v) is 10.7. The van der Waals surface area contributed by atoms with Gasteiger partial charge in [0.1, 0.15) is 17.4 Å². The van der Waals surface area contributed by atoms with Crippen LogP contribution in [0.2, 0.25) is 0 Å². The number of aryl methyl sites for hydroxylation is 1. The first-order valence-corrected chi connectivity index (χ1v) is 17.0. The highest BCUT2D eigenvalue weighted by molar-refractivity contribution is 6.02. The van der Waals surface area contributed by atoms with Crippen molar-refractivity contribution in [2.24, 2.45) is 46.0 Å². The van der Waals surface area contributed by atoms with Gasteiger partial charge < -0.3 is 15.3 Å². The van der Waals surface area contributed by atoms with Gasteiger partial charge in [0, 0.05) is 50.0 Å². The molecule has 8 atom stereocenters. The zero-order valence-electron chi connectivity index (χ0n) is 28.9. The minimum Gasteiger partial charge on any atom is -0.381 e. The Morgan fingerprint density at radius 2 is 1.83 bits per heavy atom. The van der Waals surface area contributed by atoms with Crippen molar-refractivity contribution in [3.63, 3.8) is 0 Å². The number of hydrogen-bond donors (Lipinski definition) is 2. The minimum atomic E-state index is -1.60. The Morgan fingerprint density at radius 3 is 2.49 bits per heavy atom. The minimum absolute atomic E-state index is 0.0165. The van der Waals surface area contributed by atoms with Crippen molar-refractivity contribution in [1.29, 1.82) is 5.26 Å². The first-order chi connectivity index (χ1) is 21.9. The number of carbonyl (C=O) groups excluding carboxylic acids is 4. The summed E-state index contributed by atoms with van der Waals surface area (Å²) in [6.07, 6.45) is 10.8. The molecule has 1 heterocycles. The number of nitriles is 1. The molecule has 0 saturated heterocycles. The Morgan fingerprint density at radius 1 is 1.13 bits per heavy atom. The zero-order valence-corrected chi connectivity index (χ0v) is 28.9. The van der Waals surface area contributed by atoms with Crippen molar-refractivity contribution < 1.29 is 24.3 Å². The van der Waals surface area contributed by atoms with Crippen LogP contribution in [-0.2, 0) is 21.4 Å². The normalized spacial score (nSPS) is 40.8. The quantitative estimate of drug-likeness (QED) is 0.487.